The lowest BCUT2D eigenvalue weighted by Crippen LogP contribution is -2.20. The molecule has 1 aliphatic rings. The van der Waals surface area contributed by atoms with Crippen LogP contribution in [-0.2, 0) is 7.05 Å². The number of aryl methyl sites for hydroxylation is 1. The Labute approximate surface area is 101 Å². The summed E-state index contributed by atoms with van der Waals surface area (Å²) < 4.78 is 29.3. The largest absolute Gasteiger partial charge is 0.276 e. The first-order chi connectivity index (χ1) is 7.87. The Bertz CT molecular complexity index is 387. The average Bonchev–Trinajstić information content (AvgIpc) is 2.58. The van der Waals surface area contributed by atoms with Crippen LogP contribution in [-0.4, -0.2) is 15.7 Å². The number of aromatic nitrogens is 2. The predicted molar refractivity (Wildman–Crippen MR) is 63.1 cm³/mol. The zero-order valence-electron chi connectivity index (χ0n) is 10.7. The Morgan fingerprint density at radius 1 is 1.29 bits per heavy atom. The van der Waals surface area contributed by atoms with E-state index >= 15 is 0 Å². The van der Waals surface area contributed by atoms with Crippen LogP contribution in [0.4, 0.5) is 8.78 Å². The van der Waals surface area contributed by atoms with E-state index in [1.807, 2.05) is 26.2 Å². The van der Waals surface area contributed by atoms with E-state index in [1.165, 1.54) is 0 Å². The normalized spacial score (nSPS) is 33.4. The minimum absolute atomic E-state index is 0.0114. The van der Waals surface area contributed by atoms with Crippen LogP contribution in [0.3, 0.4) is 0 Å². The Balaban J connectivity index is 2.22. The van der Waals surface area contributed by atoms with Crippen LogP contribution in [0.1, 0.15) is 44.7 Å². The topological polar surface area (TPSA) is 17.8 Å². The molecule has 0 spiro atoms. The van der Waals surface area contributed by atoms with Crippen LogP contribution in [0.2, 0.25) is 0 Å². The molecule has 3 unspecified atom stereocenters. The van der Waals surface area contributed by atoms with Crippen molar-refractivity contribution in [1.82, 2.24) is 9.78 Å². The van der Waals surface area contributed by atoms with Crippen molar-refractivity contribution < 1.29 is 8.78 Å². The predicted octanol–water partition coefficient (Wildman–Crippen LogP) is 3.60. The van der Waals surface area contributed by atoms with E-state index in [0.717, 1.165) is 12.1 Å². The standard InChI is InChI=1S/C13H20F2N2/c1-9-6-11(12-4-5-17(3)16-12)8-13(14,15)7-10(9)2/h4-5,9-11H,6-8H2,1-3H3. The zero-order chi connectivity index (χ0) is 12.6. The zero-order valence-corrected chi connectivity index (χ0v) is 10.7. The monoisotopic (exact) mass is 242 g/mol. The molecule has 1 aromatic rings. The second-order valence-electron chi connectivity index (χ2n) is 5.57. The molecule has 0 bridgehead atoms. The first-order valence-corrected chi connectivity index (χ1v) is 6.25. The second-order valence-corrected chi connectivity index (χ2v) is 5.57. The van der Waals surface area contributed by atoms with Gasteiger partial charge in [0.15, 0.2) is 0 Å². The van der Waals surface area contributed by atoms with E-state index in [9.17, 15) is 8.78 Å². The van der Waals surface area contributed by atoms with Gasteiger partial charge in [0, 0.05) is 32.0 Å². The van der Waals surface area contributed by atoms with Gasteiger partial charge in [-0.3, -0.25) is 4.68 Å². The Morgan fingerprint density at radius 3 is 2.59 bits per heavy atom. The maximum Gasteiger partial charge on any atom is 0.249 e. The van der Waals surface area contributed by atoms with Crippen molar-refractivity contribution in [2.45, 2.75) is 45.0 Å². The van der Waals surface area contributed by atoms with Gasteiger partial charge in [-0.25, -0.2) is 8.78 Å². The minimum atomic E-state index is -2.55. The summed E-state index contributed by atoms with van der Waals surface area (Å²) in [6, 6.07) is 1.86. The summed E-state index contributed by atoms with van der Waals surface area (Å²) in [5.41, 5.74) is 0.813. The summed E-state index contributed by atoms with van der Waals surface area (Å²) in [5.74, 6) is -2.24. The highest BCUT2D eigenvalue weighted by Crippen LogP contribution is 2.44. The lowest BCUT2D eigenvalue weighted by molar-refractivity contribution is -0.0289. The summed E-state index contributed by atoms with van der Waals surface area (Å²) in [7, 11) is 1.82. The van der Waals surface area contributed by atoms with E-state index in [-0.39, 0.29) is 24.7 Å². The lowest BCUT2D eigenvalue weighted by Gasteiger charge is -2.19. The molecule has 1 saturated carbocycles. The summed E-state index contributed by atoms with van der Waals surface area (Å²) in [5, 5.41) is 4.28. The van der Waals surface area contributed by atoms with Gasteiger partial charge in [-0.05, 0) is 24.3 Å². The molecule has 96 valence electrons. The van der Waals surface area contributed by atoms with Crippen LogP contribution in [0.5, 0.6) is 0 Å². The highest BCUT2D eigenvalue weighted by Gasteiger charge is 2.40. The molecule has 17 heavy (non-hydrogen) atoms. The maximum absolute atomic E-state index is 13.8. The number of alkyl halides is 2. The van der Waals surface area contributed by atoms with Crippen LogP contribution < -0.4 is 0 Å². The molecule has 0 aromatic carbocycles. The van der Waals surface area contributed by atoms with Gasteiger partial charge in [0.1, 0.15) is 0 Å². The van der Waals surface area contributed by atoms with Crippen molar-refractivity contribution in [2.75, 3.05) is 0 Å². The van der Waals surface area contributed by atoms with Gasteiger partial charge in [0.05, 0.1) is 5.69 Å². The molecule has 0 N–H and O–H groups in total. The third-order valence-electron chi connectivity index (χ3n) is 3.95. The maximum atomic E-state index is 13.8. The Kier molecular flexibility index (Phi) is 3.23. The fraction of sp³-hybridized carbons (Fsp3) is 0.769. The molecule has 3 atom stereocenters. The number of hydrogen-bond donors (Lipinski definition) is 0. The molecule has 0 saturated heterocycles. The summed E-state index contributed by atoms with van der Waals surface area (Å²) >= 11 is 0. The highest BCUT2D eigenvalue weighted by atomic mass is 19.3. The number of hydrogen-bond acceptors (Lipinski definition) is 1. The van der Waals surface area contributed by atoms with Crippen molar-refractivity contribution in [2.24, 2.45) is 18.9 Å². The number of nitrogens with zero attached hydrogens (tertiary/aromatic N) is 2. The van der Waals surface area contributed by atoms with Gasteiger partial charge < -0.3 is 0 Å². The summed E-state index contributed by atoms with van der Waals surface area (Å²) in [6.45, 7) is 4.00. The first-order valence-electron chi connectivity index (χ1n) is 6.25. The molecular weight excluding hydrogens is 222 g/mol. The smallest absolute Gasteiger partial charge is 0.249 e. The molecule has 0 aliphatic heterocycles. The highest BCUT2D eigenvalue weighted by molar-refractivity contribution is 5.09. The average molecular weight is 242 g/mol. The fourth-order valence-electron chi connectivity index (χ4n) is 2.76. The quantitative estimate of drug-likeness (QED) is 0.688. The first kappa shape index (κ1) is 12.5. The van der Waals surface area contributed by atoms with Gasteiger partial charge in [0.2, 0.25) is 5.92 Å². The van der Waals surface area contributed by atoms with Crippen molar-refractivity contribution in [1.29, 1.82) is 0 Å². The van der Waals surface area contributed by atoms with Gasteiger partial charge in [0.25, 0.3) is 0 Å². The number of rotatable bonds is 1. The molecule has 1 aliphatic carbocycles. The van der Waals surface area contributed by atoms with Crippen LogP contribution in [0.25, 0.3) is 0 Å². The molecule has 1 aromatic heterocycles. The van der Waals surface area contributed by atoms with Gasteiger partial charge in [-0.2, -0.15) is 5.10 Å². The molecule has 1 heterocycles. The van der Waals surface area contributed by atoms with E-state index in [4.69, 9.17) is 0 Å². The van der Waals surface area contributed by atoms with Crippen molar-refractivity contribution >= 4 is 0 Å². The van der Waals surface area contributed by atoms with E-state index < -0.39 is 5.92 Å². The van der Waals surface area contributed by atoms with E-state index in [1.54, 1.807) is 4.68 Å². The molecule has 0 radical (unpaired) electrons. The molecular formula is C13H20F2N2. The Morgan fingerprint density at radius 2 is 2.00 bits per heavy atom. The molecule has 1 fully saturated rings. The fourth-order valence-corrected chi connectivity index (χ4v) is 2.76. The molecule has 4 heteroatoms. The second kappa shape index (κ2) is 4.39. The van der Waals surface area contributed by atoms with E-state index in [2.05, 4.69) is 12.0 Å². The Hall–Kier alpha value is -0.930. The van der Waals surface area contributed by atoms with Crippen molar-refractivity contribution in [3.63, 3.8) is 0 Å². The number of halogens is 2. The van der Waals surface area contributed by atoms with Crippen molar-refractivity contribution in [3.05, 3.63) is 18.0 Å². The van der Waals surface area contributed by atoms with Gasteiger partial charge >= 0.3 is 0 Å². The van der Waals surface area contributed by atoms with Crippen LogP contribution in [0.15, 0.2) is 12.3 Å². The summed E-state index contributed by atoms with van der Waals surface area (Å²) in [6.07, 6.45) is 2.59. The summed E-state index contributed by atoms with van der Waals surface area (Å²) in [4.78, 5) is 0. The third-order valence-corrected chi connectivity index (χ3v) is 3.95. The molecule has 0 amide bonds. The van der Waals surface area contributed by atoms with Crippen LogP contribution >= 0.6 is 0 Å². The van der Waals surface area contributed by atoms with E-state index in [0.29, 0.717) is 5.92 Å². The van der Waals surface area contributed by atoms with Crippen LogP contribution in [0, 0.1) is 11.8 Å². The van der Waals surface area contributed by atoms with Gasteiger partial charge in [-0.15, -0.1) is 0 Å². The minimum Gasteiger partial charge on any atom is -0.276 e. The lowest BCUT2D eigenvalue weighted by atomic mass is 9.87. The molecule has 2 rings (SSSR count). The molecule has 2 nitrogen and oxygen atoms in total. The third kappa shape index (κ3) is 2.85. The van der Waals surface area contributed by atoms with Crippen molar-refractivity contribution in [3.8, 4) is 0 Å². The SMILES string of the molecule is CC1CC(c2ccn(C)n2)CC(F)(F)CC1C. The van der Waals surface area contributed by atoms with Gasteiger partial charge in [-0.1, -0.05) is 13.8 Å².